The third-order valence-electron chi connectivity index (χ3n) is 4.47. The molecule has 32 heavy (non-hydrogen) atoms. The van der Waals surface area contributed by atoms with E-state index >= 15 is 0 Å². The Hall–Kier alpha value is -3.54. The number of nitrogens with one attached hydrogen (secondary N) is 1. The number of aromatic nitrogens is 1. The van der Waals surface area contributed by atoms with Crippen LogP contribution in [-0.4, -0.2) is 10.9 Å². The Bertz CT molecular complexity index is 1320. The van der Waals surface area contributed by atoms with Crippen molar-refractivity contribution in [2.24, 2.45) is 0 Å². The van der Waals surface area contributed by atoms with E-state index in [9.17, 15) is 14.4 Å². The van der Waals surface area contributed by atoms with Crippen molar-refractivity contribution < 1.29 is 13.6 Å². The highest BCUT2D eigenvalue weighted by molar-refractivity contribution is 9.10. The molecule has 2 heterocycles. The van der Waals surface area contributed by atoms with Gasteiger partial charge in [-0.3, -0.25) is 10.1 Å². The molecule has 2 aromatic heterocycles. The van der Waals surface area contributed by atoms with Crippen molar-refractivity contribution in [2.45, 2.75) is 6.42 Å². The number of hydrogen-bond acceptors (Lipinski definition) is 5. The van der Waals surface area contributed by atoms with Gasteiger partial charge < -0.3 is 4.42 Å². The number of carbonyl (C=O) groups excluding carboxylic acids is 1. The number of halogens is 2. The normalized spacial score (nSPS) is 11.2. The van der Waals surface area contributed by atoms with Crippen LogP contribution in [0.2, 0.25) is 0 Å². The summed E-state index contributed by atoms with van der Waals surface area (Å²) in [6, 6.07) is 19.2. The molecule has 0 radical (unpaired) electrons. The van der Waals surface area contributed by atoms with Gasteiger partial charge in [0.05, 0.1) is 0 Å². The molecule has 158 valence electrons. The molecule has 0 spiro atoms. The van der Waals surface area contributed by atoms with Gasteiger partial charge >= 0.3 is 0 Å². The van der Waals surface area contributed by atoms with Crippen LogP contribution >= 0.6 is 27.3 Å². The highest BCUT2D eigenvalue weighted by Gasteiger charge is 2.14. The average molecular weight is 508 g/mol. The number of nitriles is 1. The Labute approximate surface area is 196 Å². The van der Waals surface area contributed by atoms with Gasteiger partial charge in [-0.05, 0) is 42.0 Å². The van der Waals surface area contributed by atoms with Gasteiger partial charge in [-0.25, -0.2) is 9.37 Å². The van der Waals surface area contributed by atoms with Crippen molar-refractivity contribution in [3.8, 4) is 17.4 Å². The Morgan fingerprint density at radius 2 is 1.91 bits per heavy atom. The van der Waals surface area contributed by atoms with E-state index in [2.05, 4.69) is 26.2 Å². The Morgan fingerprint density at radius 3 is 2.62 bits per heavy atom. The van der Waals surface area contributed by atoms with Crippen molar-refractivity contribution in [1.82, 2.24) is 4.98 Å². The zero-order valence-corrected chi connectivity index (χ0v) is 18.9. The second kappa shape index (κ2) is 9.73. The minimum Gasteiger partial charge on any atom is -0.457 e. The number of benzene rings is 2. The summed E-state index contributed by atoms with van der Waals surface area (Å²) >= 11 is 4.69. The summed E-state index contributed by atoms with van der Waals surface area (Å²) < 4.78 is 19.8. The molecule has 0 saturated heterocycles. The summed E-state index contributed by atoms with van der Waals surface area (Å²) in [6.07, 6.45) is 3.61. The Morgan fingerprint density at radius 1 is 1.16 bits per heavy atom. The molecule has 5 nitrogen and oxygen atoms in total. The topological polar surface area (TPSA) is 78.9 Å². The van der Waals surface area contributed by atoms with Crippen LogP contribution in [0.25, 0.3) is 17.4 Å². The van der Waals surface area contributed by atoms with E-state index in [1.807, 2.05) is 30.3 Å². The van der Waals surface area contributed by atoms with E-state index in [-0.39, 0.29) is 11.4 Å². The largest absolute Gasteiger partial charge is 0.457 e. The van der Waals surface area contributed by atoms with Gasteiger partial charge in [-0.15, -0.1) is 11.3 Å². The van der Waals surface area contributed by atoms with Gasteiger partial charge in [0, 0.05) is 33.6 Å². The average Bonchev–Trinajstić information content (AvgIpc) is 3.43. The van der Waals surface area contributed by atoms with Crippen LogP contribution in [-0.2, 0) is 11.2 Å². The zero-order chi connectivity index (χ0) is 22.5. The molecule has 0 atom stereocenters. The monoisotopic (exact) mass is 507 g/mol. The van der Waals surface area contributed by atoms with Gasteiger partial charge in [-0.1, -0.05) is 40.2 Å². The SMILES string of the molecule is N#C/C(=C/c1ccc(-c2ccc(Br)cc2)o1)C(=O)Nc1ncc(Cc2ccc(F)cc2)s1. The lowest BCUT2D eigenvalue weighted by Gasteiger charge is -2.00. The number of carbonyl (C=O) groups is 1. The van der Waals surface area contributed by atoms with Crippen LogP contribution in [0.1, 0.15) is 16.2 Å². The van der Waals surface area contributed by atoms with Gasteiger partial charge in [0.1, 0.15) is 29.0 Å². The summed E-state index contributed by atoms with van der Waals surface area (Å²) in [5.41, 5.74) is 1.72. The first-order valence-electron chi connectivity index (χ1n) is 9.48. The number of hydrogen-bond donors (Lipinski definition) is 1. The highest BCUT2D eigenvalue weighted by atomic mass is 79.9. The second-order valence-corrected chi connectivity index (χ2v) is 8.80. The summed E-state index contributed by atoms with van der Waals surface area (Å²) in [5.74, 6) is 0.164. The van der Waals surface area contributed by atoms with E-state index < -0.39 is 5.91 Å². The molecule has 0 aliphatic rings. The fourth-order valence-corrected chi connectivity index (χ4v) is 4.01. The lowest BCUT2D eigenvalue weighted by atomic mass is 10.1. The number of rotatable bonds is 6. The van der Waals surface area contributed by atoms with Crippen molar-refractivity contribution in [3.05, 3.63) is 98.9 Å². The van der Waals surface area contributed by atoms with Gasteiger partial charge in [0.2, 0.25) is 0 Å². The molecule has 4 rings (SSSR count). The molecule has 8 heteroatoms. The molecule has 0 aliphatic heterocycles. The first kappa shape index (κ1) is 21.7. The molecule has 0 bridgehead atoms. The van der Waals surface area contributed by atoms with E-state index in [0.717, 1.165) is 20.5 Å². The minimum atomic E-state index is -0.572. The van der Waals surface area contributed by atoms with Crippen molar-refractivity contribution in [1.29, 1.82) is 5.26 Å². The van der Waals surface area contributed by atoms with Crippen molar-refractivity contribution in [2.75, 3.05) is 5.32 Å². The maximum Gasteiger partial charge on any atom is 0.268 e. The maximum absolute atomic E-state index is 13.0. The molecule has 1 N–H and O–H groups in total. The fraction of sp³-hybridized carbons (Fsp3) is 0.0417. The van der Waals surface area contributed by atoms with E-state index in [1.165, 1.54) is 29.5 Å². The molecular formula is C24H15BrFN3O2S. The van der Waals surface area contributed by atoms with Gasteiger partial charge in [-0.2, -0.15) is 5.26 Å². The fourth-order valence-electron chi connectivity index (χ4n) is 2.91. The van der Waals surface area contributed by atoms with Crippen LogP contribution in [0.3, 0.4) is 0 Å². The van der Waals surface area contributed by atoms with Crippen LogP contribution < -0.4 is 5.32 Å². The number of amides is 1. The first-order valence-corrected chi connectivity index (χ1v) is 11.1. The molecule has 1 amide bonds. The van der Waals surface area contributed by atoms with Crippen LogP contribution in [0.4, 0.5) is 9.52 Å². The Kier molecular flexibility index (Phi) is 6.59. The highest BCUT2D eigenvalue weighted by Crippen LogP contribution is 2.26. The summed E-state index contributed by atoms with van der Waals surface area (Å²) in [5, 5.41) is 12.5. The second-order valence-electron chi connectivity index (χ2n) is 6.77. The summed E-state index contributed by atoms with van der Waals surface area (Å²) in [7, 11) is 0. The lowest BCUT2D eigenvalue weighted by Crippen LogP contribution is -2.13. The quantitative estimate of drug-likeness (QED) is 0.240. The van der Waals surface area contributed by atoms with Crippen LogP contribution in [0.5, 0.6) is 0 Å². The van der Waals surface area contributed by atoms with E-state index in [0.29, 0.717) is 23.1 Å². The lowest BCUT2D eigenvalue weighted by molar-refractivity contribution is -0.112. The summed E-state index contributed by atoms with van der Waals surface area (Å²) in [4.78, 5) is 17.6. The molecule has 2 aromatic carbocycles. The third-order valence-corrected chi connectivity index (χ3v) is 5.91. The van der Waals surface area contributed by atoms with E-state index in [4.69, 9.17) is 4.42 Å². The van der Waals surface area contributed by atoms with Crippen molar-refractivity contribution >= 4 is 44.4 Å². The predicted molar refractivity (Wildman–Crippen MR) is 125 cm³/mol. The molecular weight excluding hydrogens is 493 g/mol. The zero-order valence-electron chi connectivity index (χ0n) is 16.5. The van der Waals surface area contributed by atoms with Crippen LogP contribution in [0.15, 0.2) is 81.3 Å². The minimum absolute atomic E-state index is 0.100. The van der Waals surface area contributed by atoms with E-state index in [1.54, 1.807) is 30.5 Å². The van der Waals surface area contributed by atoms with Gasteiger partial charge in [0.15, 0.2) is 5.13 Å². The predicted octanol–water partition coefficient (Wildman–Crippen LogP) is 6.44. The molecule has 0 aliphatic carbocycles. The Balaban J connectivity index is 1.44. The smallest absolute Gasteiger partial charge is 0.268 e. The number of thiazole rings is 1. The molecule has 0 saturated carbocycles. The standard InChI is InChI=1S/C24H15BrFN3O2S/c25-18-5-3-16(4-6-18)22-10-9-20(31-22)12-17(13-27)23(30)29-24-28-14-21(32-24)11-15-1-7-19(26)8-2-15/h1-10,12,14H,11H2,(H,28,29,30)/b17-12-. The molecule has 0 unspecified atom stereocenters. The van der Waals surface area contributed by atoms with Gasteiger partial charge in [0.25, 0.3) is 5.91 Å². The number of furan rings is 1. The third kappa shape index (κ3) is 5.38. The first-order chi connectivity index (χ1) is 15.5. The molecule has 4 aromatic rings. The maximum atomic E-state index is 13.0. The molecule has 0 fully saturated rings. The number of nitrogens with zero attached hydrogens (tertiary/aromatic N) is 2. The number of anilines is 1. The van der Waals surface area contributed by atoms with Crippen LogP contribution in [0, 0.1) is 17.1 Å². The van der Waals surface area contributed by atoms with Crippen molar-refractivity contribution in [3.63, 3.8) is 0 Å². The summed E-state index contributed by atoms with van der Waals surface area (Å²) in [6.45, 7) is 0.